The third-order valence-corrected chi connectivity index (χ3v) is 3.29. The first-order valence-corrected chi connectivity index (χ1v) is 6.28. The molecule has 0 unspecified atom stereocenters. The highest BCUT2D eigenvalue weighted by molar-refractivity contribution is 5.26. The van der Waals surface area contributed by atoms with Crippen molar-refractivity contribution in [3.63, 3.8) is 0 Å². The second-order valence-corrected chi connectivity index (χ2v) is 4.76. The molecule has 1 aliphatic rings. The van der Waals surface area contributed by atoms with Gasteiger partial charge in [0, 0.05) is 6.54 Å². The van der Waals surface area contributed by atoms with Crippen LogP contribution in [0.15, 0.2) is 24.3 Å². The lowest BCUT2D eigenvalue weighted by molar-refractivity contribution is 0.406. The molecule has 0 saturated heterocycles. The first kappa shape index (κ1) is 12.1. The number of nitrogens with zero attached hydrogens (tertiary/aromatic N) is 3. The molecule has 1 aromatic heterocycles. The summed E-state index contributed by atoms with van der Waals surface area (Å²) < 4.78 is 20.3. The molecule has 0 bridgehead atoms. The lowest BCUT2D eigenvalue weighted by Crippen LogP contribution is -2.24. The zero-order valence-electron chi connectivity index (χ0n) is 10.6. The zero-order chi connectivity index (χ0) is 13.5. The fourth-order valence-corrected chi connectivity index (χ4v) is 1.98. The van der Waals surface area contributed by atoms with Crippen molar-refractivity contribution in [2.75, 3.05) is 0 Å². The van der Waals surface area contributed by atoms with Gasteiger partial charge in [0.1, 0.15) is 11.6 Å². The Hall–Kier alpha value is -1.95. The molecule has 2 aromatic rings. The maximum atomic E-state index is 12.8. The van der Waals surface area contributed by atoms with Crippen LogP contribution in [0.25, 0.3) is 0 Å². The largest absolute Gasteiger partial charge is 0.424 e. The lowest BCUT2D eigenvalue weighted by atomic mass is 10.3. The number of hydrogen-bond donors (Lipinski definition) is 1. The Balaban J connectivity index is 1.89. The molecule has 1 heterocycles. The van der Waals surface area contributed by atoms with Crippen LogP contribution in [0.2, 0.25) is 0 Å². The second kappa shape index (κ2) is 4.31. The van der Waals surface area contributed by atoms with Gasteiger partial charge in [0.05, 0.1) is 5.54 Å². The molecule has 1 aromatic carbocycles. The van der Waals surface area contributed by atoms with E-state index >= 15 is 0 Å². The summed E-state index contributed by atoms with van der Waals surface area (Å²) in [5.41, 5.74) is 5.79. The highest BCUT2D eigenvalue weighted by atomic mass is 19.1. The molecule has 1 aliphatic carbocycles. The predicted octanol–water partition coefficient (Wildman–Crippen LogP) is 2.18. The van der Waals surface area contributed by atoms with Gasteiger partial charge in [-0.25, -0.2) is 4.39 Å². The van der Waals surface area contributed by atoms with Crippen molar-refractivity contribution >= 4 is 0 Å². The number of hydrogen-bond acceptors (Lipinski definition) is 4. The Kier molecular flexibility index (Phi) is 2.74. The monoisotopic (exact) mass is 262 g/mol. The maximum Gasteiger partial charge on any atom is 0.322 e. The summed E-state index contributed by atoms with van der Waals surface area (Å²) >= 11 is 0. The molecule has 6 heteroatoms. The van der Waals surface area contributed by atoms with E-state index in [1.165, 1.54) is 12.1 Å². The highest BCUT2D eigenvalue weighted by Gasteiger charge is 2.45. The van der Waals surface area contributed by atoms with Gasteiger partial charge < -0.3 is 10.5 Å². The third kappa shape index (κ3) is 2.19. The van der Waals surface area contributed by atoms with E-state index in [1.54, 1.807) is 12.1 Å². The molecule has 0 spiro atoms. The minimum atomic E-state index is -0.354. The van der Waals surface area contributed by atoms with Gasteiger partial charge in [-0.15, -0.1) is 5.10 Å². The Bertz CT molecular complexity index is 589. The Labute approximate surface area is 110 Å². The molecule has 3 rings (SSSR count). The molecule has 0 amide bonds. The Morgan fingerprint density at radius 2 is 2.00 bits per heavy atom. The normalized spacial score (nSPS) is 16.4. The van der Waals surface area contributed by atoms with E-state index in [0.29, 0.717) is 18.3 Å². The van der Waals surface area contributed by atoms with Crippen molar-refractivity contribution in [3.8, 4) is 11.8 Å². The van der Waals surface area contributed by atoms with E-state index in [2.05, 4.69) is 10.2 Å². The van der Waals surface area contributed by atoms with Crippen LogP contribution in [0.5, 0.6) is 11.8 Å². The summed E-state index contributed by atoms with van der Waals surface area (Å²) in [5, 5.41) is 8.15. The molecule has 2 N–H and O–H groups in total. The van der Waals surface area contributed by atoms with Gasteiger partial charge in [-0.05, 0) is 44.0 Å². The highest BCUT2D eigenvalue weighted by Crippen LogP contribution is 2.42. The molecule has 5 nitrogen and oxygen atoms in total. The van der Waals surface area contributed by atoms with Gasteiger partial charge in [-0.3, -0.25) is 4.57 Å². The Morgan fingerprint density at radius 1 is 1.32 bits per heavy atom. The van der Waals surface area contributed by atoms with E-state index in [1.807, 2.05) is 11.5 Å². The van der Waals surface area contributed by atoms with Crippen molar-refractivity contribution in [2.45, 2.75) is 31.8 Å². The van der Waals surface area contributed by atoms with Crippen molar-refractivity contribution in [1.82, 2.24) is 14.8 Å². The third-order valence-electron chi connectivity index (χ3n) is 3.29. The zero-order valence-corrected chi connectivity index (χ0v) is 10.6. The van der Waals surface area contributed by atoms with Crippen LogP contribution in [0.1, 0.15) is 25.6 Å². The topological polar surface area (TPSA) is 66.0 Å². The van der Waals surface area contributed by atoms with Crippen LogP contribution < -0.4 is 10.5 Å². The molecule has 100 valence electrons. The van der Waals surface area contributed by atoms with Crippen molar-refractivity contribution in [2.24, 2.45) is 5.73 Å². The van der Waals surface area contributed by atoms with Crippen molar-refractivity contribution < 1.29 is 9.13 Å². The molecule has 1 fully saturated rings. The number of rotatable bonds is 4. The first-order valence-electron chi connectivity index (χ1n) is 6.28. The van der Waals surface area contributed by atoms with E-state index in [-0.39, 0.29) is 11.4 Å². The summed E-state index contributed by atoms with van der Waals surface area (Å²) in [6, 6.07) is 6.18. The Morgan fingerprint density at radius 3 is 2.58 bits per heavy atom. The fourth-order valence-electron chi connectivity index (χ4n) is 1.98. The average molecular weight is 262 g/mol. The number of benzene rings is 1. The molecule has 1 saturated carbocycles. The van der Waals surface area contributed by atoms with Crippen LogP contribution in [-0.4, -0.2) is 14.8 Å². The van der Waals surface area contributed by atoms with Gasteiger partial charge in [0.2, 0.25) is 0 Å². The number of nitrogens with two attached hydrogens (primary N) is 1. The van der Waals surface area contributed by atoms with Crippen LogP contribution in [0.3, 0.4) is 0 Å². The molecular formula is C13H15FN4O. The van der Waals surface area contributed by atoms with Gasteiger partial charge in [-0.1, -0.05) is 5.10 Å². The maximum absolute atomic E-state index is 12.8. The smallest absolute Gasteiger partial charge is 0.322 e. The van der Waals surface area contributed by atoms with Crippen LogP contribution >= 0.6 is 0 Å². The summed E-state index contributed by atoms with van der Waals surface area (Å²) in [6.45, 7) is 2.66. The first-order chi connectivity index (χ1) is 9.12. The van der Waals surface area contributed by atoms with Gasteiger partial charge >= 0.3 is 6.01 Å². The van der Waals surface area contributed by atoms with Crippen molar-refractivity contribution in [3.05, 3.63) is 35.9 Å². The molecule has 0 atom stereocenters. The summed E-state index contributed by atoms with van der Waals surface area (Å²) in [6.07, 6.45) is 1.84. The van der Waals surface area contributed by atoms with Gasteiger partial charge in [-0.2, -0.15) is 0 Å². The summed E-state index contributed by atoms with van der Waals surface area (Å²) in [5.74, 6) is 0.980. The van der Waals surface area contributed by atoms with Crippen LogP contribution in [0, 0.1) is 5.82 Å². The van der Waals surface area contributed by atoms with E-state index < -0.39 is 0 Å². The van der Waals surface area contributed by atoms with Gasteiger partial charge in [0.25, 0.3) is 0 Å². The predicted molar refractivity (Wildman–Crippen MR) is 67.3 cm³/mol. The van der Waals surface area contributed by atoms with E-state index in [0.717, 1.165) is 18.7 Å². The minimum absolute atomic E-state index is 0.302. The van der Waals surface area contributed by atoms with Crippen LogP contribution in [-0.2, 0) is 12.1 Å². The molecular weight excluding hydrogens is 247 g/mol. The summed E-state index contributed by atoms with van der Waals surface area (Å²) in [4.78, 5) is 0. The van der Waals surface area contributed by atoms with Gasteiger partial charge in [0.15, 0.2) is 5.82 Å². The number of aromatic nitrogens is 3. The molecule has 0 radical (unpaired) electrons. The molecule has 19 heavy (non-hydrogen) atoms. The number of halogens is 1. The SMILES string of the molecule is CCn1c(Oc2ccc(F)cc2)nnc1C1(N)CC1. The summed E-state index contributed by atoms with van der Waals surface area (Å²) in [7, 11) is 0. The number of ether oxygens (including phenoxy) is 1. The quantitative estimate of drug-likeness (QED) is 0.917. The molecule has 0 aliphatic heterocycles. The average Bonchev–Trinajstić information content (AvgIpc) is 3.02. The van der Waals surface area contributed by atoms with E-state index in [4.69, 9.17) is 10.5 Å². The van der Waals surface area contributed by atoms with Crippen LogP contribution in [0.4, 0.5) is 4.39 Å². The fraction of sp³-hybridized carbons (Fsp3) is 0.385. The minimum Gasteiger partial charge on any atom is -0.424 e. The van der Waals surface area contributed by atoms with Crippen molar-refractivity contribution in [1.29, 1.82) is 0 Å². The lowest BCUT2D eigenvalue weighted by Gasteiger charge is -2.11. The van der Waals surface area contributed by atoms with E-state index in [9.17, 15) is 4.39 Å². The second-order valence-electron chi connectivity index (χ2n) is 4.76. The standard InChI is InChI=1S/C13H15FN4O/c1-2-18-11(13(15)7-8-13)16-17-12(18)19-10-5-3-9(14)4-6-10/h3-6H,2,7-8,15H2,1H3.